The van der Waals surface area contributed by atoms with Crippen molar-refractivity contribution in [2.24, 2.45) is 10.7 Å². The molecule has 4 N–H and O–H groups in total. The van der Waals surface area contributed by atoms with Crippen LogP contribution in [-0.2, 0) is 6.18 Å². The molecule has 0 saturated heterocycles. The molecular formula is C17H20F3N5. The molecule has 0 saturated carbocycles. The predicted octanol–water partition coefficient (Wildman–Crippen LogP) is 3.56. The van der Waals surface area contributed by atoms with Crippen LogP contribution in [-0.4, -0.2) is 24.0 Å². The van der Waals surface area contributed by atoms with Crippen LogP contribution in [0.25, 0.3) is 0 Å². The van der Waals surface area contributed by atoms with E-state index in [2.05, 4.69) is 20.6 Å². The zero-order chi connectivity index (χ0) is 18.4. The molecule has 0 amide bonds. The number of nitrogens with two attached hydrogens (primary N) is 1. The number of anilines is 2. The van der Waals surface area contributed by atoms with Gasteiger partial charge in [-0.05, 0) is 49.2 Å². The van der Waals surface area contributed by atoms with Gasteiger partial charge in [0.1, 0.15) is 5.82 Å². The van der Waals surface area contributed by atoms with E-state index < -0.39 is 11.7 Å². The lowest BCUT2D eigenvalue weighted by Crippen LogP contribution is -2.24. The largest absolute Gasteiger partial charge is 0.419 e. The monoisotopic (exact) mass is 351 g/mol. The number of aliphatic imine (C=N–C) groups is 1. The van der Waals surface area contributed by atoms with Crippen LogP contribution in [0.4, 0.5) is 24.7 Å². The Hall–Kier alpha value is -2.77. The average Bonchev–Trinajstić information content (AvgIpc) is 2.54. The Morgan fingerprint density at radius 1 is 1.20 bits per heavy atom. The van der Waals surface area contributed by atoms with E-state index in [0.29, 0.717) is 0 Å². The Labute approximate surface area is 144 Å². The van der Waals surface area contributed by atoms with Crippen LogP contribution < -0.4 is 16.4 Å². The van der Waals surface area contributed by atoms with E-state index in [-0.39, 0.29) is 24.9 Å². The normalized spacial score (nSPS) is 12.1. The third-order valence-electron chi connectivity index (χ3n) is 3.58. The molecule has 0 atom stereocenters. The van der Waals surface area contributed by atoms with Crippen LogP contribution in [0.2, 0.25) is 0 Å². The Balaban J connectivity index is 1.90. The van der Waals surface area contributed by atoms with E-state index >= 15 is 0 Å². The van der Waals surface area contributed by atoms with Gasteiger partial charge in [0.2, 0.25) is 0 Å². The molecule has 25 heavy (non-hydrogen) atoms. The number of aryl methyl sites for hydroxylation is 2. The first-order valence-corrected chi connectivity index (χ1v) is 7.67. The Morgan fingerprint density at radius 3 is 2.64 bits per heavy atom. The highest BCUT2D eigenvalue weighted by atomic mass is 19.4. The van der Waals surface area contributed by atoms with Gasteiger partial charge in [-0.1, -0.05) is 6.07 Å². The van der Waals surface area contributed by atoms with E-state index in [1.54, 1.807) is 0 Å². The zero-order valence-corrected chi connectivity index (χ0v) is 14.0. The fourth-order valence-corrected chi connectivity index (χ4v) is 2.13. The average molecular weight is 351 g/mol. The van der Waals surface area contributed by atoms with Crippen LogP contribution >= 0.6 is 0 Å². The molecule has 2 aromatic rings. The van der Waals surface area contributed by atoms with Crippen molar-refractivity contribution in [3.05, 3.63) is 53.2 Å². The second-order valence-electron chi connectivity index (χ2n) is 5.52. The first-order chi connectivity index (χ1) is 11.8. The first kappa shape index (κ1) is 18.6. The third-order valence-corrected chi connectivity index (χ3v) is 3.58. The van der Waals surface area contributed by atoms with E-state index in [9.17, 15) is 13.2 Å². The number of hydrogen-bond donors (Lipinski definition) is 3. The van der Waals surface area contributed by atoms with Gasteiger partial charge in [-0.3, -0.25) is 4.99 Å². The fraction of sp³-hybridized carbons (Fsp3) is 0.294. The number of pyridine rings is 1. The maximum Gasteiger partial charge on any atom is 0.419 e. The van der Waals surface area contributed by atoms with Gasteiger partial charge in [0, 0.05) is 18.4 Å². The van der Waals surface area contributed by atoms with Crippen molar-refractivity contribution in [2.75, 3.05) is 23.7 Å². The van der Waals surface area contributed by atoms with E-state index in [1.165, 1.54) is 17.8 Å². The molecular weight excluding hydrogens is 331 g/mol. The molecule has 1 aromatic carbocycles. The Kier molecular flexibility index (Phi) is 5.84. The number of halogens is 3. The molecule has 134 valence electrons. The lowest BCUT2D eigenvalue weighted by Gasteiger charge is -2.12. The van der Waals surface area contributed by atoms with Crippen LogP contribution in [0.3, 0.4) is 0 Å². The highest BCUT2D eigenvalue weighted by molar-refractivity contribution is 5.92. The molecule has 0 radical (unpaired) electrons. The molecule has 0 aliphatic heterocycles. The number of hydrogen-bond acceptors (Lipinski definition) is 3. The molecule has 0 fully saturated rings. The van der Waals surface area contributed by atoms with Gasteiger partial charge in [-0.2, -0.15) is 13.2 Å². The summed E-state index contributed by atoms with van der Waals surface area (Å²) >= 11 is 0. The molecule has 2 rings (SSSR count). The number of rotatable bonds is 5. The summed E-state index contributed by atoms with van der Waals surface area (Å²) < 4.78 is 38.6. The second kappa shape index (κ2) is 7.87. The molecule has 0 bridgehead atoms. The second-order valence-corrected chi connectivity index (χ2v) is 5.52. The number of nitrogens with zero attached hydrogens (tertiary/aromatic N) is 2. The predicted molar refractivity (Wildman–Crippen MR) is 93.8 cm³/mol. The van der Waals surface area contributed by atoms with E-state index in [0.717, 1.165) is 17.3 Å². The number of benzene rings is 1. The zero-order valence-electron chi connectivity index (χ0n) is 14.0. The number of guanidine groups is 1. The number of aromatic nitrogens is 1. The van der Waals surface area contributed by atoms with Crippen molar-refractivity contribution in [1.82, 2.24) is 4.98 Å². The molecule has 0 unspecified atom stereocenters. The summed E-state index contributed by atoms with van der Waals surface area (Å²) in [7, 11) is 0. The van der Waals surface area contributed by atoms with Gasteiger partial charge in [-0.15, -0.1) is 0 Å². The van der Waals surface area contributed by atoms with Crippen molar-refractivity contribution in [1.29, 1.82) is 0 Å². The molecule has 0 aliphatic carbocycles. The van der Waals surface area contributed by atoms with Gasteiger partial charge in [0.05, 0.1) is 12.1 Å². The standard InChI is InChI=1S/C17H20F3N5/c1-11-5-6-13(10-12(11)2)25-16(21)24-9-8-23-15-14(17(18,19)20)4-3-7-22-15/h3-7,10H,8-9H2,1-2H3,(H,22,23)(H3,21,24,25). The summed E-state index contributed by atoms with van der Waals surface area (Å²) in [5.41, 5.74) is 8.08. The van der Waals surface area contributed by atoms with Crippen molar-refractivity contribution in [3.8, 4) is 0 Å². The van der Waals surface area contributed by atoms with Gasteiger partial charge >= 0.3 is 6.18 Å². The van der Waals surface area contributed by atoms with Crippen molar-refractivity contribution >= 4 is 17.5 Å². The van der Waals surface area contributed by atoms with Crippen molar-refractivity contribution < 1.29 is 13.2 Å². The third kappa shape index (κ3) is 5.37. The summed E-state index contributed by atoms with van der Waals surface area (Å²) in [6.07, 6.45) is -3.15. The van der Waals surface area contributed by atoms with Crippen LogP contribution in [0, 0.1) is 13.8 Å². The van der Waals surface area contributed by atoms with Crippen molar-refractivity contribution in [3.63, 3.8) is 0 Å². The van der Waals surface area contributed by atoms with Crippen LogP contribution in [0.5, 0.6) is 0 Å². The lowest BCUT2D eigenvalue weighted by molar-refractivity contribution is -0.137. The molecule has 5 nitrogen and oxygen atoms in total. The number of alkyl halides is 3. The lowest BCUT2D eigenvalue weighted by atomic mass is 10.1. The highest BCUT2D eigenvalue weighted by Crippen LogP contribution is 2.33. The summed E-state index contributed by atoms with van der Waals surface area (Å²) in [5.74, 6) is -0.0204. The maximum absolute atomic E-state index is 12.9. The van der Waals surface area contributed by atoms with Gasteiger partial charge in [-0.25, -0.2) is 4.98 Å². The Bertz CT molecular complexity index is 756. The van der Waals surface area contributed by atoms with E-state index in [4.69, 9.17) is 5.73 Å². The molecule has 1 heterocycles. The molecule has 8 heteroatoms. The summed E-state index contributed by atoms with van der Waals surface area (Å²) in [4.78, 5) is 7.81. The minimum absolute atomic E-state index is 0.176. The van der Waals surface area contributed by atoms with Crippen LogP contribution in [0.1, 0.15) is 16.7 Å². The summed E-state index contributed by atoms with van der Waals surface area (Å²) in [6, 6.07) is 8.02. The highest BCUT2D eigenvalue weighted by Gasteiger charge is 2.33. The first-order valence-electron chi connectivity index (χ1n) is 7.67. The minimum atomic E-state index is -4.45. The van der Waals surface area contributed by atoms with Gasteiger partial charge < -0.3 is 16.4 Å². The molecule has 0 spiro atoms. The quantitative estimate of drug-likeness (QED) is 0.437. The fourth-order valence-electron chi connectivity index (χ4n) is 2.13. The Morgan fingerprint density at radius 2 is 1.96 bits per heavy atom. The van der Waals surface area contributed by atoms with E-state index in [1.807, 2.05) is 32.0 Å². The molecule has 0 aliphatic rings. The summed E-state index contributed by atoms with van der Waals surface area (Å²) in [6.45, 7) is 4.38. The molecule has 1 aromatic heterocycles. The van der Waals surface area contributed by atoms with Gasteiger partial charge in [0.25, 0.3) is 0 Å². The topological polar surface area (TPSA) is 75.3 Å². The SMILES string of the molecule is Cc1ccc(NC(N)=NCCNc2ncccc2C(F)(F)F)cc1C. The smallest absolute Gasteiger partial charge is 0.370 e. The van der Waals surface area contributed by atoms with Gasteiger partial charge in [0.15, 0.2) is 5.96 Å². The van der Waals surface area contributed by atoms with Crippen LogP contribution in [0.15, 0.2) is 41.5 Å². The maximum atomic E-state index is 12.9. The minimum Gasteiger partial charge on any atom is -0.370 e. The number of nitrogens with one attached hydrogen (secondary N) is 2. The summed E-state index contributed by atoms with van der Waals surface area (Å²) in [5, 5.41) is 5.58. The van der Waals surface area contributed by atoms with Crippen molar-refractivity contribution in [2.45, 2.75) is 20.0 Å².